The molecule has 0 amide bonds. The Hall–Kier alpha value is -4.06. The molecule has 6 heteroatoms. The second-order valence-electron chi connectivity index (χ2n) is 6.49. The highest BCUT2D eigenvalue weighted by Gasteiger charge is 2.06. The third kappa shape index (κ3) is 4.27. The molecule has 0 fully saturated rings. The number of hydrogen-bond acceptors (Lipinski definition) is 5. The van der Waals surface area contributed by atoms with Crippen LogP contribution >= 0.6 is 0 Å². The van der Waals surface area contributed by atoms with Crippen LogP contribution in [0.15, 0.2) is 85.1 Å². The molecule has 5 nitrogen and oxygen atoms in total. The number of phenolic OH excluding ortho intramolecular Hbond substituents is 1. The topological polar surface area (TPSA) is 83.2 Å². The molecule has 1 aromatic heterocycles. The minimum Gasteiger partial charge on any atom is -0.508 e. The molecule has 144 valence electrons. The van der Waals surface area contributed by atoms with E-state index in [1.165, 1.54) is 12.1 Å². The van der Waals surface area contributed by atoms with Gasteiger partial charge >= 0.3 is 0 Å². The third-order valence-corrected chi connectivity index (χ3v) is 4.41. The molecule has 0 spiro atoms. The van der Waals surface area contributed by atoms with Crippen molar-refractivity contribution in [3.05, 3.63) is 96.6 Å². The van der Waals surface area contributed by atoms with Crippen LogP contribution in [0.2, 0.25) is 0 Å². The summed E-state index contributed by atoms with van der Waals surface area (Å²) in [5, 5.41) is 16.6. The van der Waals surface area contributed by atoms with E-state index in [1.807, 2.05) is 30.3 Å². The van der Waals surface area contributed by atoms with Crippen LogP contribution < -0.4 is 16.4 Å². The first kappa shape index (κ1) is 18.3. The number of nitrogens with zero attached hydrogens (tertiary/aromatic N) is 1. The van der Waals surface area contributed by atoms with E-state index >= 15 is 0 Å². The molecule has 0 aliphatic rings. The molecule has 4 rings (SSSR count). The molecule has 1 heterocycles. The summed E-state index contributed by atoms with van der Waals surface area (Å²) in [5.74, 6) is -0.0725. The number of rotatable bonds is 5. The summed E-state index contributed by atoms with van der Waals surface area (Å²) < 4.78 is 13.1. The number of pyridine rings is 1. The zero-order valence-corrected chi connectivity index (χ0v) is 15.4. The van der Waals surface area contributed by atoms with Gasteiger partial charge in [0, 0.05) is 28.6 Å². The molecule has 0 unspecified atom stereocenters. The van der Waals surface area contributed by atoms with Gasteiger partial charge in [0.1, 0.15) is 11.6 Å². The summed E-state index contributed by atoms with van der Waals surface area (Å²) in [5.41, 5.74) is 10.6. The van der Waals surface area contributed by atoms with Gasteiger partial charge in [0.15, 0.2) is 0 Å². The van der Waals surface area contributed by atoms with Crippen LogP contribution in [0.5, 0.6) is 5.75 Å². The molecule has 0 aliphatic carbocycles. The van der Waals surface area contributed by atoms with Gasteiger partial charge in [0.2, 0.25) is 0 Å². The Morgan fingerprint density at radius 1 is 0.897 bits per heavy atom. The minimum atomic E-state index is -0.275. The highest BCUT2D eigenvalue weighted by atomic mass is 19.1. The lowest BCUT2D eigenvalue weighted by Crippen LogP contribution is -2.03. The molecular formula is C23H19FN4O. The highest BCUT2D eigenvalue weighted by Crippen LogP contribution is 2.26. The van der Waals surface area contributed by atoms with Crippen LogP contribution in [0.3, 0.4) is 0 Å². The van der Waals surface area contributed by atoms with Gasteiger partial charge in [0.05, 0.1) is 16.9 Å². The Kier molecular flexibility index (Phi) is 4.99. The van der Waals surface area contributed by atoms with E-state index in [2.05, 4.69) is 15.6 Å². The number of hydrogen-bond donors (Lipinski definition) is 4. The normalized spacial score (nSPS) is 11.4. The van der Waals surface area contributed by atoms with Gasteiger partial charge in [-0.15, -0.1) is 0 Å². The lowest BCUT2D eigenvalue weighted by atomic mass is 10.1. The maximum absolute atomic E-state index is 13.1. The summed E-state index contributed by atoms with van der Waals surface area (Å²) >= 11 is 0. The summed E-state index contributed by atoms with van der Waals surface area (Å²) in [6.45, 7) is 0. The lowest BCUT2D eigenvalue weighted by Gasteiger charge is -2.11. The molecule has 3 aromatic carbocycles. The molecule has 4 aromatic rings. The smallest absolute Gasteiger partial charge is 0.123 e. The Balaban J connectivity index is 1.58. The molecule has 0 radical (unpaired) electrons. The zero-order valence-electron chi connectivity index (χ0n) is 15.4. The molecule has 0 atom stereocenters. The summed E-state index contributed by atoms with van der Waals surface area (Å²) in [4.78, 5) is 4.64. The molecular weight excluding hydrogens is 367 g/mol. The van der Waals surface area contributed by atoms with Crippen LogP contribution in [0.25, 0.3) is 16.6 Å². The van der Waals surface area contributed by atoms with Crippen molar-refractivity contribution in [1.82, 2.24) is 4.98 Å². The zero-order chi connectivity index (χ0) is 20.2. The number of aromatic nitrogens is 1. The standard InChI is InChI=1S/C23H19FN4O/c24-15-4-6-17(7-5-15)27-21-2-1-3-22-19(21)12-13-23(28-22)20(25)14-26-16-8-10-18(29)11-9-16/h1-14,26-27,29H,25H2/b20-14-. The second-order valence-corrected chi connectivity index (χ2v) is 6.49. The number of halogens is 1. The second kappa shape index (κ2) is 7.90. The summed E-state index contributed by atoms with van der Waals surface area (Å²) in [6.07, 6.45) is 1.67. The van der Waals surface area contributed by atoms with E-state index in [4.69, 9.17) is 5.73 Å². The molecule has 0 bridgehead atoms. The Bertz CT molecular complexity index is 1170. The van der Waals surface area contributed by atoms with Crippen LogP contribution in [0.1, 0.15) is 5.69 Å². The van der Waals surface area contributed by atoms with Crippen LogP contribution in [-0.2, 0) is 0 Å². The monoisotopic (exact) mass is 386 g/mol. The Labute approximate surface area is 167 Å². The summed E-state index contributed by atoms with van der Waals surface area (Å²) in [7, 11) is 0. The molecule has 0 saturated heterocycles. The average molecular weight is 386 g/mol. The molecule has 0 aliphatic heterocycles. The number of anilines is 3. The van der Waals surface area contributed by atoms with Gasteiger partial charge in [-0.3, -0.25) is 0 Å². The molecule has 5 N–H and O–H groups in total. The SMILES string of the molecule is N/C(=C\Nc1ccc(O)cc1)c1ccc2c(Nc3ccc(F)cc3)cccc2n1. The van der Waals surface area contributed by atoms with E-state index in [0.29, 0.717) is 11.4 Å². The van der Waals surface area contributed by atoms with Crippen molar-refractivity contribution in [1.29, 1.82) is 0 Å². The van der Waals surface area contributed by atoms with Crippen LogP contribution in [0.4, 0.5) is 21.5 Å². The van der Waals surface area contributed by atoms with Crippen LogP contribution in [-0.4, -0.2) is 10.1 Å². The first-order valence-corrected chi connectivity index (χ1v) is 9.02. The van der Waals surface area contributed by atoms with Crippen molar-refractivity contribution in [2.75, 3.05) is 10.6 Å². The van der Waals surface area contributed by atoms with E-state index in [9.17, 15) is 9.50 Å². The van der Waals surface area contributed by atoms with Gasteiger partial charge in [-0.1, -0.05) is 6.07 Å². The fourth-order valence-corrected chi connectivity index (χ4v) is 2.91. The van der Waals surface area contributed by atoms with Crippen molar-refractivity contribution in [3.8, 4) is 5.75 Å². The Morgan fingerprint density at radius 3 is 2.38 bits per heavy atom. The van der Waals surface area contributed by atoms with Crippen molar-refractivity contribution in [2.45, 2.75) is 0 Å². The predicted octanol–water partition coefficient (Wildman–Crippen LogP) is 5.19. The third-order valence-electron chi connectivity index (χ3n) is 4.41. The van der Waals surface area contributed by atoms with E-state index in [1.54, 1.807) is 42.6 Å². The fraction of sp³-hybridized carbons (Fsp3) is 0. The largest absolute Gasteiger partial charge is 0.508 e. The van der Waals surface area contributed by atoms with Crippen molar-refractivity contribution < 1.29 is 9.50 Å². The van der Waals surface area contributed by atoms with Crippen molar-refractivity contribution >= 4 is 33.7 Å². The van der Waals surface area contributed by atoms with Gasteiger partial charge in [0.25, 0.3) is 0 Å². The molecule has 29 heavy (non-hydrogen) atoms. The fourth-order valence-electron chi connectivity index (χ4n) is 2.91. The van der Waals surface area contributed by atoms with Gasteiger partial charge in [-0.05, 0) is 72.8 Å². The predicted molar refractivity (Wildman–Crippen MR) is 115 cm³/mol. The number of phenols is 1. The summed E-state index contributed by atoms with van der Waals surface area (Å²) in [6, 6.07) is 22.4. The van der Waals surface area contributed by atoms with Crippen molar-refractivity contribution in [2.24, 2.45) is 5.73 Å². The van der Waals surface area contributed by atoms with Gasteiger partial charge in [-0.2, -0.15) is 0 Å². The first-order valence-electron chi connectivity index (χ1n) is 9.02. The number of fused-ring (bicyclic) bond motifs is 1. The first-order chi connectivity index (χ1) is 14.1. The highest BCUT2D eigenvalue weighted by molar-refractivity contribution is 5.94. The Morgan fingerprint density at radius 2 is 1.62 bits per heavy atom. The van der Waals surface area contributed by atoms with E-state index in [-0.39, 0.29) is 11.6 Å². The number of aromatic hydroxyl groups is 1. The lowest BCUT2D eigenvalue weighted by molar-refractivity contribution is 0.475. The number of benzene rings is 3. The number of nitrogens with two attached hydrogens (primary N) is 1. The van der Waals surface area contributed by atoms with E-state index in [0.717, 1.165) is 28.0 Å². The van der Waals surface area contributed by atoms with E-state index < -0.39 is 0 Å². The quantitative estimate of drug-likeness (QED) is 0.355. The molecule has 0 saturated carbocycles. The van der Waals surface area contributed by atoms with Gasteiger partial charge in [-0.25, -0.2) is 9.37 Å². The minimum absolute atomic E-state index is 0.203. The maximum Gasteiger partial charge on any atom is 0.123 e. The average Bonchev–Trinajstić information content (AvgIpc) is 2.74. The maximum atomic E-state index is 13.1. The van der Waals surface area contributed by atoms with Crippen molar-refractivity contribution in [3.63, 3.8) is 0 Å². The number of nitrogens with one attached hydrogen (secondary N) is 2. The van der Waals surface area contributed by atoms with Gasteiger partial charge < -0.3 is 21.5 Å². The van der Waals surface area contributed by atoms with Crippen LogP contribution in [0, 0.1) is 5.82 Å².